The van der Waals surface area contributed by atoms with Gasteiger partial charge in [-0.15, -0.1) is 0 Å². The number of nitrogens with one attached hydrogen (secondary N) is 1. The SMILES string of the molecule is Cc1cc(Cl)ccc1OC(=O)Nc1ccccc1. The Bertz CT molecular complexity index is 555. The highest BCUT2D eigenvalue weighted by molar-refractivity contribution is 6.30. The minimum absolute atomic E-state index is 0.493. The van der Waals surface area contributed by atoms with Crippen LogP contribution in [0.15, 0.2) is 48.5 Å². The zero-order chi connectivity index (χ0) is 13.0. The highest BCUT2D eigenvalue weighted by Gasteiger charge is 2.07. The molecule has 0 atom stereocenters. The molecule has 1 amide bonds. The molecule has 0 aliphatic carbocycles. The van der Waals surface area contributed by atoms with Crippen LogP contribution in [0.2, 0.25) is 5.02 Å². The molecule has 0 fully saturated rings. The summed E-state index contributed by atoms with van der Waals surface area (Å²) in [5, 5.41) is 3.25. The lowest BCUT2D eigenvalue weighted by Crippen LogP contribution is -2.17. The third-order valence-corrected chi connectivity index (χ3v) is 2.59. The second-order valence-electron chi connectivity index (χ2n) is 3.79. The van der Waals surface area contributed by atoms with Crippen LogP contribution in [0.4, 0.5) is 10.5 Å². The summed E-state index contributed by atoms with van der Waals surface area (Å²) in [5.41, 5.74) is 1.50. The summed E-state index contributed by atoms with van der Waals surface area (Å²) in [6.07, 6.45) is -0.522. The van der Waals surface area contributed by atoms with E-state index in [1.165, 1.54) is 0 Å². The van der Waals surface area contributed by atoms with Gasteiger partial charge in [-0.3, -0.25) is 5.32 Å². The molecular weight excluding hydrogens is 250 g/mol. The minimum Gasteiger partial charge on any atom is -0.410 e. The Morgan fingerprint density at radius 1 is 1.17 bits per heavy atom. The summed E-state index contributed by atoms with van der Waals surface area (Å²) in [6, 6.07) is 14.2. The first-order chi connectivity index (χ1) is 8.65. The smallest absolute Gasteiger partial charge is 0.410 e. The van der Waals surface area contributed by atoms with E-state index in [2.05, 4.69) is 5.32 Å². The number of hydrogen-bond donors (Lipinski definition) is 1. The third kappa shape index (κ3) is 3.25. The number of hydrogen-bond acceptors (Lipinski definition) is 2. The Kier molecular flexibility index (Phi) is 3.85. The van der Waals surface area contributed by atoms with Crippen LogP contribution < -0.4 is 10.1 Å². The first-order valence-electron chi connectivity index (χ1n) is 5.45. The van der Waals surface area contributed by atoms with Gasteiger partial charge in [-0.25, -0.2) is 4.79 Å². The van der Waals surface area contributed by atoms with Crippen molar-refractivity contribution in [1.29, 1.82) is 0 Å². The van der Waals surface area contributed by atoms with E-state index in [1.807, 2.05) is 25.1 Å². The normalized spacial score (nSPS) is 9.89. The van der Waals surface area contributed by atoms with E-state index < -0.39 is 6.09 Å². The van der Waals surface area contributed by atoms with Gasteiger partial charge < -0.3 is 4.74 Å². The van der Waals surface area contributed by atoms with E-state index in [0.29, 0.717) is 16.5 Å². The van der Waals surface area contributed by atoms with Gasteiger partial charge >= 0.3 is 6.09 Å². The lowest BCUT2D eigenvalue weighted by molar-refractivity contribution is 0.215. The van der Waals surface area contributed by atoms with Gasteiger partial charge in [-0.1, -0.05) is 29.8 Å². The van der Waals surface area contributed by atoms with E-state index in [4.69, 9.17) is 16.3 Å². The van der Waals surface area contributed by atoms with Gasteiger partial charge in [0, 0.05) is 10.7 Å². The molecule has 0 spiro atoms. The number of carbonyl (C=O) groups is 1. The van der Waals surface area contributed by atoms with Gasteiger partial charge in [-0.05, 0) is 42.8 Å². The highest BCUT2D eigenvalue weighted by Crippen LogP contribution is 2.22. The summed E-state index contributed by atoms with van der Waals surface area (Å²) >= 11 is 5.83. The number of benzene rings is 2. The molecule has 2 aromatic rings. The molecule has 0 radical (unpaired) electrons. The lowest BCUT2D eigenvalue weighted by atomic mass is 10.2. The van der Waals surface area contributed by atoms with Crippen molar-refractivity contribution in [2.24, 2.45) is 0 Å². The molecule has 0 heterocycles. The molecule has 3 nitrogen and oxygen atoms in total. The van der Waals surface area contributed by atoms with Crippen LogP contribution >= 0.6 is 11.6 Å². The second kappa shape index (κ2) is 5.56. The van der Waals surface area contributed by atoms with Crippen molar-refractivity contribution in [3.8, 4) is 5.75 Å². The molecule has 2 rings (SSSR count). The van der Waals surface area contributed by atoms with Crippen molar-refractivity contribution in [2.45, 2.75) is 6.92 Å². The first kappa shape index (κ1) is 12.5. The Balaban J connectivity index is 2.03. The Hall–Kier alpha value is -2.00. The predicted molar refractivity (Wildman–Crippen MR) is 72.3 cm³/mol. The number of rotatable bonds is 2. The number of halogens is 1. The summed E-state index contributed by atoms with van der Waals surface area (Å²) in [5.74, 6) is 0.493. The van der Waals surface area contributed by atoms with Gasteiger partial charge in [0.25, 0.3) is 0 Å². The van der Waals surface area contributed by atoms with Crippen molar-refractivity contribution in [1.82, 2.24) is 0 Å². The first-order valence-corrected chi connectivity index (χ1v) is 5.83. The lowest BCUT2D eigenvalue weighted by Gasteiger charge is -2.08. The van der Waals surface area contributed by atoms with E-state index in [9.17, 15) is 4.79 Å². The number of anilines is 1. The Morgan fingerprint density at radius 3 is 2.56 bits per heavy atom. The van der Waals surface area contributed by atoms with E-state index in [-0.39, 0.29) is 0 Å². The monoisotopic (exact) mass is 261 g/mol. The second-order valence-corrected chi connectivity index (χ2v) is 4.23. The zero-order valence-electron chi connectivity index (χ0n) is 9.81. The molecule has 0 saturated heterocycles. The number of aryl methyl sites for hydroxylation is 1. The average molecular weight is 262 g/mol. The fraction of sp³-hybridized carbons (Fsp3) is 0.0714. The molecule has 0 aliphatic heterocycles. The van der Waals surface area contributed by atoms with Gasteiger partial charge in [0.1, 0.15) is 5.75 Å². The van der Waals surface area contributed by atoms with E-state index in [1.54, 1.807) is 30.3 Å². The maximum atomic E-state index is 11.7. The fourth-order valence-electron chi connectivity index (χ4n) is 1.49. The quantitative estimate of drug-likeness (QED) is 0.877. The van der Waals surface area contributed by atoms with Crippen molar-refractivity contribution in [2.75, 3.05) is 5.32 Å². The van der Waals surface area contributed by atoms with Crippen LogP contribution in [0.1, 0.15) is 5.56 Å². The molecule has 0 aromatic heterocycles. The van der Waals surface area contributed by atoms with E-state index in [0.717, 1.165) is 5.56 Å². The predicted octanol–water partition coefficient (Wildman–Crippen LogP) is 4.26. The van der Waals surface area contributed by atoms with Gasteiger partial charge in [0.2, 0.25) is 0 Å². The molecule has 0 unspecified atom stereocenters. The summed E-state index contributed by atoms with van der Waals surface area (Å²) in [7, 11) is 0. The van der Waals surface area contributed by atoms with Crippen LogP contribution in [0, 0.1) is 6.92 Å². The Labute approximate surface area is 110 Å². The van der Waals surface area contributed by atoms with Crippen LogP contribution in [0.3, 0.4) is 0 Å². The summed E-state index contributed by atoms with van der Waals surface area (Å²) < 4.78 is 5.20. The largest absolute Gasteiger partial charge is 0.417 e. The van der Waals surface area contributed by atoms with Crippen LogP contribution in [0.5, 0.6) is 5.75 Å². The zero-order valence-corrected chi connectivity index (χ0v) is 10.6. The van der Waals surface area contributed by atoms with Crippen molar-refractivity contribution in [3.63, 3.8) is 0 Å². The van der Waals surface area contributed by atoms with Crippen LogP contribution in [0.25, 0.3) is 0 Å². The van der Waals surface area contributed by atoms with E-state index >= 15 is 0 Å². The van der Waals surface area contributed by atoms with Crippen LogP contribution in [-0.2, 0) is 0 Å². The molecule has 0 aliphatic rings. The fourth-order valence-corrected chi connectivity index (χ4v) is 1.72. The van der Waals surface area contributed by atoms with Crippen molar-refractivity contribution >= 4 is 23.4 Å². The topological polar surface area (TPSA) is 38.3 Å². The molecule has 4 heteroatoms. The number of amides is 1. The number of carbonyl (C=O) groups excluding carboxylic acids is 1. The standard InChI is InChI=1S/C14H12ClNO2/c1-10-9-11(15)7-8-13(10)18-14(17)16-12-5-3-2-4-6-12/h2-9H,1H3,(H,16,17). The maximum Gasteiger partial charge on any atom is 0.417 e. The maximum absolute atomic E-state index is 11.7. The average Bonchev–Trinajstić information content (AvgIpc) is 2.34. The van der Waals surface area contributed by atoms with Gasteiger partial charge in [0.15, 0.2) is 0 Å². The molecule has 0 bridgehead atoms. The highest BCUT2D eigenvalue weighted by atomic mass is 35.5. The molecule has 92 valence electrons. The Morgan fingerprint density at radius 2 is 1.89 bits per heavy atom. The third-order valence-electron chi connectivity index (χ3n) is 2.36. The van der Waals surface area contributed by atoms with Gasteiger partial charge in [-0.2, -0.15) is 0 Å². The molecule has 18 heavy (non-hydrogen) atoms. The summed E-state index contributed by atoms with van der Waals surface area (Å²) in [4.78, 5) is 11.7. The van der Waals surface area contributed by atoms with Crippen molar-refractivity contribution in [3.05, 3.63) is 59.1 Å². The number of para-hydroxylation sites is 1. The molecule has 0 saturated carbocycles. The summed E-state index contributed by atoms with van der Waals surface area (Å²) in [6.45, 7) is 1.83. The molecular formula is C14H12ClNO2. The molecule has 2 aromatic carbocycles. The molecule has 1 N–H and O–H groups in total. The number of ether oxygens (including phenoxy) is 1. The van der Waals surface area contributed by atoms with Crippen LogP contribution in [-0.4, -0.2) is 6.09 Å². The van der Waals surface area contributed by atoms with Crippen molar-refractivity contribution < 1.29 is 9.53 Å². The minimum atomic E-state index is -0.522. The van der Waals surface area contributed by atoms with Gasteiger partial charge in [0.05, 0.1) is 0 Å².